The molecule has 2 rings (SSSR count). The molecule has 0 aliphatic carbocycles. The first-order chi connectivity index (χ1) is 12.0. The van der Waals surface area contributed by atoms with Crippen LogP contribution in [0.3, 0.4) is 0 Å². The highest BCUT2D eigenvalue weighted by Crippen LogP contribution is 2.32. The highest BCUT2D eigenvalue weighted by Gasteiger charge is 2.40. The van der Waals surface area contributed by atoms with Gasteiger partial charge in [-0.3, -0.25) is 4.79 Å². The van der Waals surface area contributed by atoms with Crippen LogP contribution in [0.2, 0.25) is 0 Å². The van der Waals surface area contributed by atoms with E-state index in [0.29, 0.717) is 11.3 Å². The minimum Gasteiger partial charge on any atom is -0.493 e. The first-order valence-electron chi connectivity index (χ1n) is 7.82. The highest BCUT2D eigenvalue weighted by molar-refractivity contribution is 6.01. The Kier molecular flexibility index (Phi) is 5.64. The van der Waals surface area contributed by atoms with Crippen LogP contribution in [-0.2, 0) is 10.3 Å². The minimum absolute atomic E-state index is 0.185. The van der Waals surface area contributed by atoms with Crippen LogP contribution < -0.4 is 14.8 Å². The number of nitrogens with one attached hydrogen (secondary N) is 1. The zero-order valence-electron chi connectivity index (χ0n) is 14.4. The van der Waals surface area contributed by atoms with Crippen molar-refractivity contribution in [1.29, 1.82) is 0 Å². The summed E-state index contributed by atoms with van der Waals surface area (Å²) < 4.78 is 10.5. The second-order valence-corrected chi connectivity index (χ2v) is 5.43. The molecule has 1 atom stereocenters. The molecule has 25 heavy (non-hydrogen) atoms. The van der Waals surface area contributed by atoms with Crippen molar-refractivity contribution in [2.45, 2.75) is 18.9 Å². The zero-order valence-corrected chi connectivity index (χ0v) is 14.4. The Morgan fingerprint density at radius 2 is 1.72 bits per heavy atom. The summed E-state index contributed by atoms with van der Waals surface area (Å²) >= 11 is 0. The molecule has 0 bridgehead atoms. The molecule has 132 valence electrons. The van der Waals surface area contributed by atoms with Gasteiger partial charge in [0, 0.05) is 0 Å². The van der Waals surface area contributed by atoms with Crippen LogP contribution in [0, 0.1) is 0 Å². The molecule has 0 spiro atoms. The van der Waals surface area contributed by atoms with Gasteiger partial charge in [-0.2, -0.15) is 0 Å². The highest BCUT2D eigenvalue weighted by atomic mass is 16.5. The van der Waals surface area contributed by atoms with Crippen LogP contribution in [0.25, 0.3) is 0 Å². The van der Waals surface area contributed by atoms with Crippen molar-refractivity contribution in [1.82, 2.24) is 5.32 Å². The van der Waals surface area contributed by atoms with Crippen molar-refractivity contribution in [2.75, 3.05) is 14.2 Å². The number of hydrogen-bond acceptors (Lipinski definition) is 4. The molecule has 0 heterocycles. The Bertz CT molecular complexity index is 760. The molecule has 1 unspecified atom stereocenters. The van der Waals surface area contributed by atoms with E-state index in [2.05, 4.69) is 5.32 Å². The SMILES string of the molecule is CCC(NC(=O)c1cccc(OC)c1OC)(C(=O)O)c1ccccc1. The Balaban J connectivity index is 2.48. The van der Waals surface area contributed by atoms with Gasteiger partial charge >= 0.3 is 5.97 Å². The molecular formula is C19H21NO5. The van der Waals surface area contributed by atoms with Crippen LogP contribution >= 0.6 is 0 Å². The number of amides is 1. The van der Waals surface area contributed by atoms with Crippen molar-refractivity contribution in [2.24, 2.45) is 0 Å². The Labute approximate surface area is 146 Å². The number of carboxylic acids is 1. The topological polar surface area (TPSA) is 84.9 Å². The van der Waals surface area contributed by atoms with Crippen LogP contribution in [0.5, 0.6) is 11.5 Å². The van der Waals surface area contributed by atoms with Crippen molar-refractivity contribution in [3.63, 3.8) is 0 Å². The predicted octanol–water partition coefficient (Wildman–Crippen LogP) is 2.82. The molecule has 0 aromatic heterocycles. The van der Waals surface area contributed by atoms with E-state index in [1.807, 2.05) is 0 Å². The van der Waals surface area contributed by atoms with Gasteiger partial charge in [0.1, 0.15) is 0 Å². The minimum atomic E-state index is -1.54. The van der Waals surface area contributed by atoms with Gasteiger partial charge in [-0.05, 0) is 24.1 Å². The van der Waals surface area contributed by atoms with Crippen LogP contribution in [0.1, 0.15) is 29.3 Å². The second-order valence-electron chi connectivity index (χ2n) is 5.43. The average molecular weight is 343 g/mol. The third kappa shape index (κ3) is 3.42. The molecule has 1 amide bonds. The monoisotopic (exact) mass is 343 g/mol. The molecule has 2 aromatic rings. The van der Waals surface area contributed by atoms with Crippen molar-refractivity contribution in [3.8, 4) is 11.5 Å². The fraction of sp³-hybridized carbons (Fsp3) is 0.263. The van der Waals surface area contributed by atoms with E-state index < -0.39 is 17.4 Å². The molecule has 2 aromatic carbocycles. The fourth-order valence-corrected chi connectivity index (χ4v) is 2.74. The summed E-state index contributed by atoms with van der Waals surface area (Å²) in [5.74, 6) is -1.03. The molecule has 6 nitrogen and oxygen atoms in total. The molecule has 0 radical (unpaired) electrons. The Morgan fingerprint density at radius 3 is 2.24 bits per heavy atom. The van der Waals surface area contributed by atoms with Gasteiger partial charge in [0.15, 0.2) is 17.0 Å². The summed E-state index contributed by atoms with van der Waals surface area (Å²) in [5.41, 5.74) is -0.830. The van der Waals surface area contributed by atoms with E-state index in [-0.39, 0.29) is 17.7 Å². The third-order valence-electron chi connectivity index (χ3n) is 4.14. The van der Waals surface area contributed by atoms with Gasteiger partial charge in [-0.1, -0.05) is 43.3 Å². The number of methoxy groups -OCH3 is 2. The molecule has 0 fully saturated rings. The summed E-state index contributed by atoms with van der Waals surface area (Å²) in [7, 11) is 2.90. The normalized spacial score (nSPS) is 12.8. The summed E-state index contributed by atoms with van der Waals surface area (Å²) in [5, 5.41) is 12.5. The number of rotatable bonds is 7. The summed E-state index contributed by atoms with van der Waals surface area (Å²) in [6, 6.07) is 13.5. The number of carbonyl (C=O) groups excluding carboxylic acids is 1. The lowest BCUT2D eigenvalue weighted by Gasteiger charge is -2.30. The number of carbonyl (C=O) groups is 2. The van der Waals surface area contributed by atoms with Gasteiger partial charge in [0.25, 0.3) is 5.91 Å². The standard InChI is InChI=1S/C19H21NO5/c1-4-19(18(22)23,13-9-6-5-7-10-13)20-17(21)14-11-8-12-15(24-2)16(14)25-3/h5-12H,4H2,1-3H3,(H,20,21)(H,22,23). The van der Waals surface area contributed by atoms with E-state index in [4.69, 9.17) is 9.47 Å². The third-order valence-corrected chi connectivity index (χ3v) is 4.14. The fourth-order valence-electron chi connectivity index (χ4n) is 2.74. The van der Waals surface area contributed by atoms with Crippen LogP contribution in [0.15, 0.2) is 48.5 Å². The molecule has 0 aliphatic heterocycles. The maximum Gasteiger partial charge on any atom is 0.334 e. The van der Waals surface area contributed by atoms with Crippen molar-refractivity contribution < 1.29 is 24.2 Å². The lowest BCUT2D eigenvalue weighted by molar-refractivity contribution is -0.145. The van der Waals surface area contributed by atoms with E-state index in [0.717, 1.165) is 0 Å². The molecular weight excluding hydrogens is 322 g/mol. The van der Waals surface area contributed by atoms with Gasteiger partial charge in [0.2, 0.25) is 0 Å². The predicted molar refractivity (Wildman–Crippen MR) is 93.1 cm³/mol. The van der Waals surface area contributed by atoms with Gasteiger partial charge < -0.3 is 19.9 Å². The molecule has 0 saturated carbocycles. The number of aliphatic carboxylic acids is 1. The van der Waals surface area contributed by atoms with E-state index in [1.54, 1.807) is 55.5 Å². The number of ether oxygens (including phenoxy) is 2. The maximum atomic E-state index is 12.8. The molecule has 0 aliphatic rings. The average Bonchev–Trinajstić information content (AvgIpc) is 2.65. The smallest absolute Gasteiger partial charge is 0.334 e. The zero-order chi connectivity index (χ0) is 18.4. The Hall–Kier alpha value is -3.02. The van der Waals surface area contributed by atoms with E-state index >= 15 is 0 Å². The maximum absolute atomic E-state index is 12.8. The van der Waals surface area contributed by atoms with Gasteiger partial charge in [-0.25, -0.2) is 4.79 Å². The van der Waals surface area contributed by atoms with Gasteiger partial charge in [-0.15, -0.1) is 0 Å². The molecule has 6 heteroatoms. The Morgan fingerprint density at radius 1 is 1.04 bits per heavy atom. The summed E-state index contributed by atoms with van der Waals surface area (Å²) in [6.07, 6.45) is 0.185. The largest absolute Gasteiger partial charge is 0.493 e. The van der Waals surface area contributed by atoms with Crippen molar-refractivity contribution >= 4 is 11.9 Å². The van der Waals surface area contributed by atoms with Crippen LogP contribution in [0.4, 0.5) is 0 Å². The first-order valence-corrected chi connectivity index (χ1v) is 7.82. The van der Waals surface area contributed by atoms with E-state index in [1.165, 1.54) is 14.2 Å². The summed E-state index contributed by atoms with van der Waals surface area (Å²) in [6.45, 7) is 1.71. The van der Waals surface area contributed by atoms with Crippen molar-refractivity contribution in [3.05, 3.63) is 59.7 Å². The number of benzene rings is 2. The summed E-state index contributed by atoms with van der Waals surface area (Å²) in [4.78, 5) is 24.9. The van der Waals surface area contributed by atoms with Gasteiger partial charge in [0.05, 0.1) is 19.8 Å². The lowest BCUT2D eigenvalue weighted by atomic mass is 9.86. The number of para-hydroxylation sites is 1. The molecule has 2 N–H and O–H groups in total. The number of carboxylic acid groups (broad SMARTS) is 1. The quantitative estimate of drug-likeness (QED) is 0.807. The lowest BCUT2D eigenvalue weighted by Crippen LogP contribution is -2.51. The van der Waals surface area contributed by atoms with E-state index in [9.17, 15) is 14.7 Å². The second kappa shape index (κ2) is 7.70. The first kappa shape index (κ1) is 18.3. The molecule has 0 saturated heterocycles. The van der Waals surface area contributed by atoms with Crippen LogP contribution in [-0.4, -0.2) is 31.2 Å². The number of hydrogen-bond donors (Lipinski definition) is 2.